The van der Waals surface area contributed by atoms with Crippen molar-refractivity contribution in [1.82, 2.24) is 0 Å². The minimum absolute atomic E-state index is 0.149. The van der Waals surface area contributed by atoms with Crippen LogP contribution in [-0.2, 0) is 14.3 Å². The van der Waals surface area contributed by atoms with E-state index in [0.29, 0.717) is 11.1 Å². The Bertz CT molecular complexity index is 529. The number of carbonyl (C=O) groups is 3. The highest BCUT2D eigenvalue weighted by molar-refractivity contribution is 5.95. The van der Waals surface area contributed by atoms with Crippen molar-refractivity contribution in [2.45, 2.75) is 26.1 Å². The van der Waals surface area contributed by atoms with E-state index in [0.717, 1.165) is 0 Å². The summed E-state index contributed by atoms with van der Waals surface area (Å²) < 4.78 is 4.61. The van der Waals surface area contributed by atoms with Gasteiger partial charge < -0.3 is 20.1 Å². The summed E-state index contributed by atoms with van der Waals surface area (Å²) >= 11 is 0. The lowest BCUT2D eigenvalue weighted by Crippen LogP contribution is -2.43. The van der Waals surface area contributed by atoms with E-state index in [2.05, 4.69) is 4.74 Å². The van der Waals surface area contributed by atoms with Gasteiger partial charge in [-0.25, -0.2) is 14.4 Å². The number of hydrogen-bond donors (Lipinski definition) is 3. The lowest BCUT2D eigenvalue weighted by molar-refractivity contribution is -0.166. The van der Waals surface area contributed by atoms with E-state index >= 15 is 0 Å². The first-order chi connectivity index (χ1) is 9.25. The fourth-order valence-corrected chi connectivity index (χ4v) is 1.69. The molecule has 0 saturated heterocycles. The van der Waals surface area contributed by atoms with Gasteiger partial charge in [0.05, 0.1) is 5.56 Å². The molecular weight excluding hydrogens is 268 g/mol. The number of aryl methyl sites for hydroxylation is 2. The molecular formula is C13H14O7. The van der Waals surface area contributed by atoms with Gasteiger partial charge >= 0.3 is 17.9 Å². The summed E-state index contributed by atoms with van der Waals surface area (Å²) in [6.45, 7) is 3.26. The number of carboxylic acids is 2. The fraction of sp³-hybridized carbons (Fsp3) is 0.308. The molecule has 20 heavy (non-hydrogen) atoms. The van der Waals surface area contributed by atoms with E-state index in [1.807, 2.05) is 0 Å². The maximum absolute atomic E-state index is 11.9. The molecule has 0 amide bonds. The van der Waals surface area contributed by atoms with Crippen molar-refractivity contribution in [2.75, 3.05) is 0 Å². The minimum atomic E-state index is -2.33. The van der Waals surface area contributed by atoms with Gasteiger partial charge in [-0.3, -0.25) is 0 Å². The van der Waals surface area contributed by atoms with Crippen molar-refractivity contribution >= 4 is 17.9 Å². The summed E-state index contributed by atoms with van der Waals surface area (Å²) in [5.74, 6) is -4.51. The number of rotatable bonds is 5. The minimum Gasteiger partial charge on any atom is -0.479 e. The molecule has 0 aliphatic carbocycles. The third-order valence-corrected chi connectivity index (χ3v) is 2.70. The molecule has 1 rings (SSSR count). The first-order valence-electron chi connectivity index (χ1n) is 5.66. The van der Waals surface area contributed by atoms with Crippen LogP contribution in [0.25, 0.3) is 0 Å². The van der Waals surface area contributed by atoms with Gasteiger partial charge in [-0.2, -0.15) is 0 Å². The van der Waals surface area contributed by atoms with Crippen molar-refractivity contribution in [3.8, 4) is 0 Å². The summed E-state index contributed by atoms with van der Waals surface area (Å²) in [6.07, 6.45) is -4.50. The average Bonchev–Trinajstić information content (AvgIpc) is 2.34. The van der Waals surface area contributed by atoms with Crippen LogP contribution in [0, 0.1) is 13.8 Å². The monoisotopic (exact) mass is 282 g/mol. The Morgan fingerprint density at radius 3 is 1.95 bits per heavy atom. The Morgan fingerprint density at radius 1 is 1.05 bits per heavy atom. The maximum atomic E-state index is 11.9. The molecule has 3 N–H and O–H groups in total. The van der Waals surface area contributed by atoms with Crippen molar-refractivity contribution < 1.29 is 34.4 Å². The molecule has 1 aromatic rings. The molecule has 0 fully saturated rings. The van der Waals surface area contributed by atoms with E-state index in [4.69, 9.17) is 10.2 Å². The van der Waals surface area contributed by atoms with Gasteiger partial charge in [0.2, 0.25) is 6.10 Å². The number of carbonyl (C=O) groups excluding carboxylic acids is 1. The molecule has 0 aliphatic heterocycles. The molecule has 0 bridgehead atoms. The predicted octanol–water partition coefficient (Wildman–Crippen LogP) is 0.359. The molecule has 1 aromatic carbocycles. The zero-order valence-corrected chi connectivity index (χ0v) is 10.9. The number of carboxylic acid groups (broad SMARTS) is 2. The van der Waals surface area contributed by atoms with Crippen LogP contribution in [0.4, 0.5) is 0 Å². The molecule has 0 saturated carbocycles. The number of ether oxygens (including phenoxy) is 1. The van der Waals surface area contributed by atoms with Gasteiger partial charge in [-0.05, 0) is 25.0 Å². The Hall–Kier alpha value is -2.41. The summed E-state index contributed by atoms with van der Waals surface area (Å²) in [6, 6.07) is 4.97. The quantitative estimate of drug-likeness (QED) is 0.666. The lowest BCUT2D eigenvalue weighted by atomic mass is 10.0. The van der Waals surface area contributed by atoms with Crippen LogP contribution in [0.1, 0.15) is 21.5 Å². The Morgan fingerprint density at radius 2 is 1.55 bits per heavy atom. The Balaban J connectivity index is 3.03. The number of aliphatic carboxylic acids is 2. The van der Waals surface area contributed by atoms with Crippen LogP contribution in [0.15, 0.2) is 18.2 Å². The molecule has 2 atom stereocenters. The number of aliphatic hydroxyl groups excluding tert-OH is 1. The largest absolute Gasteiger partial charge is 0.479 e. The molecule has 7 heteroatoms. The van der Waals surface area contributed by atoms with Gasteiger partial charge in [-0.1, -0.05) is 18.2 Å². The van der Waals surface area contributed by atoms with Crippen molar-refractivity contribution in [2.24, 2.45) is 0 Å². The van der Waals surface area contributed by atoms with Crippen molar-refractivity contribution in [1.29, 1.82) is 0 Å². The first kappa shape index (κ1) is 15.6. The highest BCUT2D eigenvalue weighted by Crippen LogP contribution is 2.16. The predicted molar refractivity (Wildman–Crippen MR) is 66.4 cm³/mol. The maximum Gasteiger partial charge on any atom is 0.348 e. The number of benzene rings is 1. The third-order valence-electron chi connectivity index (χ3n) is 2.70. The molecule has 108 valence electrons. The van der Waals surface area contributed by atoms with Crippen molar-refractivity contribution in [3.05, 3.63) is 34.9 Å². The third kappa shape index (κ3) is 3.33. The van der Waals surface area contributed by atoms with Gasteiger partial charge in [0.15, 0.2) is 6.10 Å². The average molecular weight is 282 g/mol. The van der Waals surface area contributed by atoms with Crippen LogP contribution < -0.4 is 0 Å². The lowest BCUT2D eigenvalue weighted by Gasteiger charge is -2.17. The Kier molecular flexibility index (Phi) is 4.82. The van der Waals surface area contributed by atoms with Crippen LogP contribution in [-0.4, -0.2) is 45.4 Å². The van der Waals surface area contributed by atoms with E-state index in [1.165, 1.54) is 0 Å². The smallest absolute Gasteiger partial charge is 0.348 e. The number of aliphatic hydroxyl groups is 1. The number of hydrogen-bond acceptors (Lipinski definition) is 5. The highest BCUT2D eigenvalue weighted by atomic mass is 16.6. The highest BCUT2D eigenvalue weighted by Gasteiger charge is 2.36. The van der Waals surface area contributed by atoms with E-state index in [9.17, 15) is 19.5 Å². The second-order valence-electron chi connectivity index (χ2n) is 4.21. The summed E-state index contributed by atoms with van der Waals surface area (Å²) in [4.78, 5) is 33.4. The van der Waals surface area contributed by atoms with Crippen molar-refractivity contribution in [3.63, 3.8) is 0 Å². The Labute approximate surface area is 114 Å². The molecule has 7 nitrogen and oxygen atoms in total. The first-order valence-corrected chi connectivity index (χ1v) is 5.66. The van der Waals surface area contributed by atoms with Gasteiger partial charge in [0.25, 0.3) is 0 Å². The van der Waals surface area contributed by atoms with Crippen LogP contribution in [0.2, 0.25) is 0 Å². The van der Waals surface area contributed by atoms with Crippen LogP contribution in [0.5, 0.6) is 0 Å². The molecule has 0 aliphatic rings. The summed E-state index contributed by atoms with van der Waals surface area (Å²) in [7, 11) is 0. The van der Waals surface area contributed by atoms with Gasteiger partial charge in [0, 0.05) is 0 Å². The molecule has 0 aromatic heterocycles. The molecule has 0 unspecified atom stereocenters. The second-order valence-corrected chi connectivity index (χ2v) is 4.21. The normalized spacial score (nSPS) is 13.3. The van der Waals surface area contributed by atoms with E-state index in [-0.39, 0.29) is 5.56 Å². The molecule has 0 radical (unpaired) electrons. The van der Waals surface area contributed by atoms with E-state index < -0.39 is 30.1 Å². The fourth-order valence-electron chi connectivity index (χ4n) is 1.69. The van der Waals surface area contributed by atoms with Gasteiger partial charge in [-0.15, -0.1) is 0 Å². The topological polar surface area (TPSA) is 121 Å². The zero-order chi connectivity index (χ0) is 15.4. The number of esters is 1. The second kappa shape index (κ2) is 6.16. The summed E-state index contributed by atoms with van der Waals surface area (Å²) in [5.41, 5.74) is 1.27. The van der Waals surface area contributed by atoms with Gasteiger partial charge in [0.1, 0.15) is 0 Å². The zero-order valence-electron chi connectivity index (χ0n) is 10.9. The standard InChI is InChI=1S/C13H14O7/c1-6-4-3-5-7(2)8(6)13(19)20-10(12(17)18)9(14)11(15)16/h3-5,9-10,14H,1-2H3,(H,15,16)(H,17,18)/t9-,10-/m1/s1. The molecule has 0 heterocycles. The van der Waals surface area contributed by atoms with Crippen LogP contribution in [0.3, 0.4) is 0 Å². The van der Waals surface area contributed by atoms with E-state index in [1.54, 1.807) is 32.0 Å². The SMILES string of the molecule is Cc1cccc(C)c1C(=O)O[C@@H](C(=O)O)[C@@H](O)C(=O)O. The van der Waals surface area contributed by atoms with Crippen LogP contribution >= 0.6 is 0 Å². The molecule has 0 spiro atoms. The summed E-state index contributed by atoms with van der Waals surface area (Å²) in [5, 5.41) is 26.6.